The number of nitrogens with zero attached hydrogens (tertiary/aromatic N) is 1. The van der Waals surface area contributed by atoms with Crippen LogP contribution in [0.3, 0.4) is 0 Å². The zero-order valence-corrected chi connectivity index (χ0v) is 15.5. The molecule has 0 aliphatic rings. The molecule has 0 fully saturated rings. The Balaban J connectivity index is 4.91. The summed E-state index contributed by atoms with van der Waals surface area (Å²) in [5, 5.41) is 3.39. The fourth-order valence-corrected chi connectivity index (χ4v) is 2.78. The summed E-state index contributed by atoms with van der Waals surface area (Å²) in [4.78, 5) is 14.7. The monoisotopic (exact) mass is 300 g/mol. The van der Waals surface area contributed by atoms with Gasteiger partial charge in [-0.05, 0) is 53.5 Å². The molecule has 0 bridgehead atoms. The van der Waals surface area contributed by atoms with Crippen molar-refractivity contribution in [3.05, 3.63) is 0 Å². The first-order valence-corrected chi connectivity index (χ1v) is 8.06. The number of carbonyl (C=O) groups excluding carboxylic acids is 1. The Bertz CT molecular complexity index is 323. The van der Waals surface area contributed by atoms with Crippen molar-refractivity contribution in [3.8, 4) is 0 Å². The summed E-state index contributed by atoms with van der Waals surface area (Å²) in [7, 11) is 2.12. The van der Waals surface area contributed by atoms with Crippen LogP contribution in [0.4, 0.5) is 0 Å². The highest BCUT2D eigenvalue weighted by Gasteiger charge is 2.37. The molecule has 0 rings (SSSR count). The molecule has 21 heavy (non-hydrogen) atoms. The second-order valence-corrected chi connectivity index (χ2v) is 7.88. The third-order valence-corrected chi connectivity index (χ3v) is 3.51. The molecule has 0 spiro atoms. The molecule has 0 aliphatic carbocycles. The van der Waals surface area contributed by atoms with Gasteiger partial charge < -0.3 is 9.64 Å². The minimum absolute atomic E-state index is 0.158. The summed E-state index contributed by atoms with van der Waals surface area (Å²) >= 11 is 0. The maximum Gasteiger partial charge on any atom is 0.326 e. The smallest absolute Gasteiger partial charge is 0.326 e. The lowest BCUT2D eigenvalue weighted by molar-refractivity contribution is -0.151. The highest BCUT2D eigenvalue weighted by Crippen LogP contribution is 2.22. The SMILES string of the molecule is CCOC(=O)C(C)(CC(C)N(C)CC(C)(C)C)NC(C)C. The number of rotatable bonds is 8. The van der Waals surface area contributed by atoms with Crippen LogP contribution in [0.1, 0.15) is 61.8 Å². The standard InChI is InChI=1S/C17H36N2O2/c1-10-21-15(20)17(8,18-13(2)3)11-14(4)19(9)12-16(5,6)7/h13-14,18H,10-12H2,1-9H3. The normalized spacial score (nSPS) is 16.9. The third-order valence-electron chi connectivity index (χ3n) is 3.51. The third kappa shape index (κ3) is 7.82. The van der Waals surface area contributed by atoms with Crippen LogP contribution in [0.2, 0.25) is 0 Å². The van der Waals surface area contributed by atoms with E-state index in [9.17, 15) is 4.79 Å². The molecular formula is C17H36N2O2. The van der Waals surface area contributed by atoms with Crippen molar-refractivity contribution in [1.82, 2.24) is 10.2 Å². The fraction of sp³-hybridized carbons (Fsp3) is 0.941. The Morgan fingerprint density at radius 1 is 1.19 bits per heavy atom. The second-order valence-electron chi connectivity index (χ2n) is 7.88. The van der Waals surface area contributed by atoms with E-state index in [0.29, 0.717) is 12.6 Å². The van der Waals surface area contributed by atoms with E-state index in [4.69, 9.17) is 4.74 Å². The molecule has 0 radical (unpaired) electrons. The Morgan fingerprint density at radius 2 is 1.71 bits per heavy atom. The molecular weight excluding hydrogens is 264 g/mol. The van der Waals surface area contributed by atoms with Crippen molar-refractivity contribution >= 4 is 5.97 Å². The van der Waals surface area contributed by atoms with Crippen molar-refractivity contribution in [3.63, 3.8) is 0 Å². The van der Waals surface area contributed by atoms with E-state index in [1.54, 1.807) is 0 Å². The van der Waals surface area contributed by atoms with Gasteiger partial charge in [0.2, 0.25) is 0 Å². The van der Waals surface area contributed by atoms with Crippen LogP contribution in [-0.2, 0) is 9.53 Å². The van der Waals surface area contributed by atoms with Crippen molar-refractivity contribution in [2.24, 2.45) is 5.41 Å². The minimum Gasteiger partial charge on any atom is -0.465 e. The molecule has 2 unspecified atom stereocenters. The largest absolute Gasteiger partial charge is 0.465 e. The molecule has 4 heteroatoms. The molecule has 0 amide bonds. The van der Waals surface area contributed by atoms with Crippen LogP contribution in [0.25, 0.3) is 0 Å². The van der Waals surface area contributed by atoms with Gasteiger partial charge in [-0.15, -0.1) is 0 Å². The predicted molar refractivity (Wildman–Crippen MR) is 89.5 cm³/mol. The lowest BCUT2D eigenvalue weighted by Crippen LogP contribution is -2.56. The van der Waals surface area contributed by atoms with Crippen LogP contribution < -0.4 is 5.32 Å². The molecule has 0 saturated heterocycles. The van der Waals surface area contributed by atoms with Gasteiger partial charge in [-0.3, -0.25) is 10.1 Å². The number of esters is 1. The van der Waals surface area contributed by atoms with Gasteiger partial charge in [0.05, 0.1) is 6.61 Å². The van der Waals surface area contributed by atoms with E-state index in [0.717, 1.165) is 13.0 Å². The van der Waals surface area contributed by atoms with Crippen molar-refractivity contribution in [2.75, 3.05) is 20.2 Å². The highest BCUT2D eigenvalue weighted by molar-refractivity contribution is 5.80. The predicted octanol–water partition coefficient (Wildman–Crippen LogP) is 3.06. The van der Waals surface area contributed by atoms with Gasteiger partial charge in [0.25, 0.3) is 0 Å². The molecule has 0 aliphatic heterocycles. The fourth-order valence-electron chi connectivity index (χ4n) is 2.78. The summed E-state index contributed by atoms with van der Waals surface area (Å²) in [5.74, 6) is -0.158. The van der Waals surface area contributed by atoms with Crippen LogP contribution in [0.15, 0.2) is 0 Å². The summed E-state index contributed by atoms with van der Waals surface area (Å²) in [6.45, 7) is 18.2. The lowest BCUT2D eigenvalue weighted by Gasteiger charge is -2.37. The van der Waals surface area contributed by atoms with Gasteiger partial charge >= 0.3 is 5.97 Å². The van der Waals surface area contributed by atoms with Gasteiger partial charge in [-0.2, -0.15) is 0 Å². The van der Waals surface area contributed by atoms with Crippen LogP contribution in [0.5, 0.6) is 0 Å². The maximum absolute atomic E-state index is 12.3. The molecule has 0 aromatic carbocycles. The zero-order valence-electron chi connectivity index (χ0n) is 15.5. The van der Waals surface area contributed by atoms with Crippen LogP contribution >= 0.6 is 0 Å². The van der Waals surface area contributed by atoms with E-state index in [-0.39, 0.29) is 17.4 Å². The van der Waals surface area contributed by atoms with E-state index >= 15 is 0 Å². The van der Waals surface area contributed by atoms with Gasteiger partial charge in [0.1, 0.15) is 5.54 Å². The molecule has 0 aromatic heterocycles. The van der Waals surface area contributed by atoms with Crippen LogP contribution in [-0.4, -0.2) is 48.7 Å². The molecule has 2 atom stereocenters. The molecule has 126 valence electrons. The maximum atomic E-state index is 12.3. The first-order valence-electron chi connectivity index (χ1n) is 8.06. The molecule has 4 nitrogen and oxygen atoms in total. The minimum atomic E-state index is -0.643. The highest BCUT2D eigenvalue weighted by atomic mass is 16.5. The van der Waals surface area contributed by atoms with E-state index in [1.807, 2.05) is 13.8 Å². The summed E-state index contributed by atoms with van der Waals surface area (Å²) in [6, 6.07) is 0.532. The Labute approximate surface area is 131 Å². The Hall–Kier alpha value is -0.610. The quantitative estimate of drug-likeness (QED) is 0.700. The second kappa shape index (κ2) is 8.14. The van der Waals surface area contributed by atoms with Crippen molar-refractivity contribution in [2.45, 2.75) is 79.4 Å². The zero-order chi connectivity index (χ0) is 16.8. The molecule has 0 heterocycles. The first kappa shape index (κ1) is 20.4. The average molecular weight is 300 g/mol. The summed E-state index contributed by atoms with van der Waals surface area (Å²) in [6.07, 6.45) is 0.733. The number of hydrogen-bond acceptors (Lipinski definition) is 4. The van der Waals surface area contributed by atoms with Gasteiger partial charge in [0.15, 0.2) is 0 Å². The number of ether oxygens (including phenoxy) is 1. The van der Waals surface area contributed by atoms with Crippen LogP contribution in [0, 0.1) is 5.41 Å². The topological polar surface area (TPSA) is 41.6 Å². The van der Waals surface area contributed by atoms with Crippen molar-refractivity contribution < 1.29 is 9.53 Å². The molecule has 0 saturated carbocycles. The molecule has 1 N–H and O–H groups in total. The lowest BCUT2D eigenvalue weighted by atomic mass is 9.90. The molecule has 0 aromatic rings. The Kier molecular flexibility index (Phi) is 7.90. The summed E-state index contributed by atoms with van der Waals surface area (Å²) < 4.78 is 5.27. The summed E-state index contributed by atoms with van der Waals surface area (Å²) in [5.41, 5.74) is -0.398. The van der Waals surface area contributed by atoms with E-state index in [2.05, 4.69) is 58.8 Å². The van der Waals surface area contributed by atoms with Gasteiger partial charge in [0, 0.05) is 18.6 Å². The number of carbonyl (C=O) groups is 1. The van der Waals surface area contributed by atoms with E-state index < -0.39 is 5.54 Å². The average Bonchev–Trinajstić information content (AvgIpc) is 2.25. The number of nitrogens with one attached hydrogen (secondary N) is 1. The van der Waals surface area contributed by atoms with Gasteiger partial charge in [-0.1, -0.05) is 20.8 Å². The van der Waals surface area contributed by atoms with Gasteiger partial charge in [-0.25, -0.2) is 0 Å². The first-order chi connectivity index (χ1) is 9.41. The van der Waals surface area contributed by atoms with E-state index in [1.165, 1.54) is 0 Å². The Morgan fingerprint density at radius 3 is 2.10 bits per heavy atom. The van der Waals surface area contributed by atoms with Crippen molar-refractivity contribution in [1.29, 1.82) is 0 Å². The number of hydrogen-bond donors (Lipinski definition) is 1.